The largest absolute Gasteiger partial charge is 0.417 e. The number of amides is 2. The molecule has 0 radical (unpaired) electrons. The zero-order valence-corrected chi connectivity index (χ0v) is 20.1. The number of alkyl halides is 3. The Morgan fingerprint density at radius 3 is 2.29 bits per heavy atom. The molecule has 4 rings (SSSR count). The lowest BCUT2D eigenvalue weighted by atomic mass is 9.94. The zero-order valence-electron chi connectivity index (χ0n) is 19.3. The number of halogens is 3. The molecule has 180 valence electrons. The number of nitrogens with zero attached hydrogens (tertiary/aromatic N) is 1. The minimum absolute atomic E-state index is 0.0879. The molecule has 0 saturated carbocycles. The summed E-state index contributed by atoms with van der Waals surface area (Å²) in [7, 11) is 0. The van der Waals surface area contributed by atoms with Crippen molar-refractivity contribution in [3.05, 3.63) is 71.1 Å². The van der Waals surface area contributed by atoms with Gasteiger partial charge in [0, 0.05) is 10.4 Å². The molecule has 2 aromatic carbocycles. The maximum atomic E-state index is 14.1. The van der Waals surface area contributed by atoms with Crippen molar-refractivity contribution in [1.29, 1.82) is 0 Å². The van der Waals surface area contributed by atoms with Crippen LogP contribution in [0.1, 0.15) is 31.9 Å². The van der Waals surface area contributed by atoms with E-state index in [2.05, 4.69) is 5.32 Å². The van der Waals surface area contributed by atoms with E-state index >= 15 is 0 Å². The standard InChI is InChI=1S/C26H27F3N2O2S/c1-25(2,3)30-24(32)31-14-20(15-31)33-16-19-6-4-7-21(23(19)26(27,28)29)17-9-11-18(12-10-17)22-8-5-13-34-22/h4-13,20H,14-16H2,1-3H3,(H,30,32). The van der Waals surface area contributed by atoms with Crippen LogP contribution in [0.2, 0.25) is 0 Å². The van der Waals surface area contributed by atoms with E-state index < -0.39 is 11.7 Å². The molecule has 0 aliphatic carbocycles. The number of hydrogen-bond donors (Lipinski definition) is 1. The van der Waals surface area contributed by atoms with Crippen molar-refractivity contribution in [1.82, 2.24) is 10.2 Å². The minimum Gasteiger partial charge on any atom is -0.370 e. The minimum atomic E-state index is -4.53. The highest BCUT2D eigenvalue weighted by molar-refractivity contribution is 7.13. The Hall–Kier alpha value is -2.84. The van der Waals surface area contributed by atoms with E-state index in [1.165, 1.54) is 12.1 Å². The molecule has 1 aliphatic heterocycles. The van der Waals surface area contributed by atoms with Crippen LogP contribution in [0, 0.1) is 0 Å². The molecule has 0 spiro atoms. The van der Waals surface area contributed by atoms with Crippen LogP contribution in [0.15, 0.2) is 60.0 Å². The van der Waals surface area contributed by atoms with Gasteiger partial charge in [-0.15, -0.1) is 11.3 Å². The average Bonchev–Trinajstić information content (AvgIpc) is 3.25. The van der Waals surface area contributed by atoms with Crippen molar-refractivity contribution in [3.63, 3.8) is 0 Å². The number of carbonyl (C=O) groups excluding carboxylic acids is 1. The molecule has 34 heavy (non-hydrogen) atoms. The number of nitrogens with one attached hydrogen (secondary N) is 1. The van der Waals surface area contributed by atoms with Crippen molar-refractivity contribution in [3.8, 4) is 21.6 Å². The lowest BCUT2D eigenvalue weighted by Gasteiger charge is -2.40. The zero-order chi connectivity index (χ0) is 24.5. The predicted molar refractivity (Wildman–Crippen MR) is 129 cm³/mol. The van der Waals surface area contributed by atoms with Gasteiger partial charge in [-0.1, -0.05) is 48.5 Å². The Labute approximate surface area is 201 Å². The quantitative estimate of drug-likeness (QED) is 0.429. The molecule has 0 bridgehead atoms. The molecule has 2 heterocycles. The van der Waals surface area contributed by atoms with Crippen LogP contribution >= 0.6 is 11.3 Å². The fraction of sp³-hybridized carbons (Fsp3) is 0.346. The second kappa shape index (κ2) is 9.43. The highest BCUT2D eigenvalue weighted by Gasteiger charge is 2.37. The summed E-state index contributed by atoms with van der Waals surface area (Å²) in [6.45, 7) is 6.20. The second-order valence-electron chi connectivity index (χ2n) is 9.41. The number of likely N-dealkylation sites (tertiary alicyclic amines) is 1. The molecule has 4 nitrogen and oxygen atoms in total. The summed E-state index contributed by atoms with van der Waals surface area (Å²) in [5.41, 5.74) is 0.657. The molecule has 3 aromatic rings. The first-order valence-corrected chi connectivity index (χ1v) is 11.9. The number of urea groups is 1. The van der Waals surface area contributed by atoms with Crippen LogP contribution in [-0.4, -0.2) is 35.7 Å². The lowest BCUT2D eigenvalue weighted by Crippen LogP contribution is -2.60. The average molecular weight is 489 g/mol. The number of hydrogen-bond acceptors (Lipinski definition) is 3. The van der Waals surface area contributed by atoms with Gasteiger partial charge in [-0.3, -0.25) is 0 Å². The number of benzene rings is 2. The van der Waals surface area contributed by atoms with Crippen LogP contribution in [-0.2, 0) is 17.5 Å². The van der Waals surface area contributed by atoms with E-state index in [-0.39, 0.29) is 35.4 Å². The molecule has 1 aromatic heterocycles. The van der Waals surface area contributed by atoms with Gasteiger partial charge in [0.15, 0.2) is 0 Å². The van der Waals surface area contributed by atoms with Gasteiger partial charge in [0.05, 0.1) is 31.4 Å². The summed E-state index contributed by atoms with van der Waals surface area (Å²) in [6.07, 6.45) is -4.82. The Balaban J connectivity index is 1.48. The van der Waals surface area contributed by atoms with Crippen LogP contribution < -0.4 is 5.32 Å². The molecule has 1 N–H and O–H groups in total. The number of carbonyl (C=O) groups is 1. The van der Waals surface area contributed by atoms with Crippen molar-refractivity contribution in [2.75, 3.05) is 13.1 Å². The first-order chi connectivity index (χ1) is 16.0. The van der Waals surface area contributed by atoms with Gasteiger partial charge in [-0.05, 0) is 54.5 Å². The summed E-state index contributed by atoms with van der Waals surface area (Å²) in [4.78, 5) is 14.8. The molecule has 0 unspecified atom stereocenters. The van der Waals surface area contributed by atoms with E-state index in [0.29, 0.717) is 18.7 Å². The highest BCUT2D eigenvalue weighted by Crippen LogP contribution is 2.40. The van der Waals surface area contributed by atoms with Gasteiger partial charge in [0.2, 0.25) is 0 Å². The van der Waals surface area contributed by atoms with Gasteiger partial charge in [0.1, 0.15) is 0 Å². The third-order valence-electron chi connectivity index (χ3n) is 5.53. The summed E-state index contributed by atoms with van der Waals surface area (Å²) < 4.78 is 48.1. The summed E-state index contributed by atoms with van der Waals surface area (Å²) >= 11 is 1.58. The Morgan fingerprint density at radius 2 is 1.71 bits per heavy atom. The fourth-order valence-electron chi connectivity index (χ4n) is 3.87. The van der Waals surface area contributed by atoms with Crippen molar-refractivity contribution < 1.29 is 22.7 Å². The first kappa shape index (κ1) is 24.3. The molecule has 1 fully saturated rings. The van der Waals surface area contributed by atoms with E-state index in [4.69, 9.17) is 4.74 Å². The Bertz CT molecular complexity index is 1130. The van der Waals surface area contributed by atoms with Gasteiger partial charge in [0.25, 0.3) is 0 Å². The fourth-order valence-corrected chi connectivity index (χ4v) is 4.60. The lowest BCUT2D eigenvalue weighted by molar-refractivity contribution is -0.139. The molecule has 1 saturated heterocycles. The number of rotatable bonds is 5. The summed E-state index contributed by atoms with van der Waals surface area (Å²) in [5.74, 6) is 0. The number of thiophene rings is 1. The predicted octanol–water partition coefficient (Wildman–Crippen LogP) is 6.81. The molecular weight excluding hydrogens is 461 g/mol. The SMILES string of the molecule is CC(C)(C)NC(=O)N1CC(OCc2cccc(-c3ccc(-c4cccs4)cc3)c2C(F)(F)F)C1. The van der Waals surface area contributed by atoms with Gasteiger partial charge >= 0.3 is 12.2 Å². The number of ether oxygens (including phenoxy) is 1. The first-order valence-electron chi connectivity index (χ1n) is 11.0. The van der Waals surface area contributed by atoms with Gasteiger partial charge < -0.3 is 15.0 Å². The van der Waals surface area contributed by atoms with E-state index in [1.54, 1.807) is 34.4 Å². The maximum absolute atomic E-state index is 14.1. The van der Waals surface area contributed by atoms with E-state index in [1.807, 2.05) is 50.4 Å². The summed E-state index contributed by atoms with van der Waals surface area (Å²) in [6, 6.07) is 15.4. The monoisotopic (exact) mass is 488 g/mol. The molecule has 8 heteroatoms. The Morgan fingerprint density at radius 1 is 1.03 bits per heavy atom. The smallest absolute Gasteiger partial charge is 0.370 e. The normalized spacial score (nSPS) is 14.7. The third-order valence-corrected chi connectivity index (χ3v) is 6.45. The molecular formula is C26H27F3N2O2S. The topological polar surface area (TPSA) is 41.6 Å². The van der Waals surface area contributed by atoms with Crippen molar-refractivity contribution >= 4 is 17.4 Å². The summed E-state index contributed by atoms with van der Waals surface area (Å²) in [5, 5.41) is 4.83. The van der Waals surface area contributed by atoms with Gasteiger partial charge in [-0.2, -0.15) is 13.2 Å². The highest BCUT2D eigenvalue weighted by atomic mass is 32.1. The maximum Gasteiger partial charge on any atom is 0.417 e. The van der Waals surface area contributed by atoms with Crippen LogP contribution in [0.5, 0.6) is 0 Å². The van der Waals surface area contributed by atoms with Crippen LogP contribution in [0.3, 0.4) is 0 Å². The molecule has 0 atom stereocenters. The van der Waals surface area contributed by atoms with Crippen molar-refractivity contribution in [2.45, 2.75) is 45.2 Å². The third kappa shape index (κ3) is 5.62. The van der Waals surface area contributed by atoms with Crippen LogP contribution in [0.4, 0.5) is 18.0 Å². The van der Waals surface area contributed by atoms with Gasteiger partial charge in [-0.25, -0.2) is 4.79 Å². The molecule has 2 amide bonds. The van der Waals surface area contributed by atoms with Crippen LogP contribution in [0.25, 0.3) is 21.6 Å². The second-order valence-corrected chi connectivity index (χ2v) is 10.4. The van der Waals surface area contributed by atoms with E-state index in [9.17, 15) is 18.0 Å². The van der Waals surface area contributed by atoms with E-state index in [0.717, 1.165) is 10.4 Å². The molecule has 1 aliphatic rings. The Kier molecular flexibility index (Phi) is 6.73. The van der Waals surface area contributed by atoms with Crippen molar-refractivity contribution in [2.24, 2.45) is 0 Å².